The Morgan fingerprint density at radius 2 is 1.76 bits per heavy atom. The minimum Gasteiger partial charge on any atom is -0.493 e. The van der Waals surface area contributed by atoms with E-state index in [1.54, 1.807) is 0 Å². The number of carbonyl (C=O) groups excluding carboxylic acids is 3. The monoisotopic (exact) mass is 491 g/mol. The normalized spacial score (nSPS) is 13.8. The molecule has 0 aliphatic carbocycles. The zero-order valence-corrected chi connectivity index (χ0v) is 19.4. The molecular formula is C22H19ClFN3O5S. The van der Waals surface area contributed by atoms with Gasteiger partial charge in [-0.05, 0) is 60.3 Å². The van der Waals surface area contributed by atoms with Crippen LogP contribution in [0.3, 0.4) is 0 Å². The standard InChI is InChI=1S/C22H19ClFN3O5S/c1-26-20(29)15(21(30)27(2)22(26)33)8-12-9-16(23)19(17(10-12)31-3)32-11-18(28)25-14-6-4-13(24)5-7-14/h4-10H,11H2,1-3H3,(H,25,28). The summed E-state index contributed by atoms with van der Waals surface area (Å²) in [4.78, 5) is 39.6. The average Bonchev–Trinajstić information content (AvgIpc) is 2.79. The van der Waals surface area contributed by atoms with E-state index < -0.39 is 30.1 Å². The first-order valence-electron chi connectivity index (χ1n) is 9.50. The number of ether oxygens (including phenoxy) is 2. The molecule has 2 aromatic carbocycles. The van der Waals surface area contributed by atoms with E-state index in [0.717, 1.165) is 0 Å². The predicted molar refractivity (Wildman–Crippen MR) is 125 cm³/mol. The van der Waals surface area contributed by atoms with Crippen molar-refractivity contribution in [3.63, 3.8) is 0 Å². The molecule has 172 valence electrons. The Labute approximate surface area is 199 Å². The van der Waals surface area contributed by atoms with Gasteiger partial charge in [0.1, 0.15) is 11.4 Å². The summed E-state index contributed by atoms with van der Waals surface area (Å²) in [5, 5.41) is 2.76. The van der Waals surface area contributed by atoms with Gasteiger partial charge in [0, 0.05) is 19.8 Å². The average molecular weight is 492 g/mol. The third kappa shape index (κ3) is 5.29. The highest BCUT2D eigenvalue weighted by atomic mass is 35.5. The molecule has 8 nitrogen and oxygen atoms in total. The smallest absolute Gasteiger partial charge is 0.265 e. The Bertz CT molecular complexity index is 1140. The highest BCUT2D eigenvalue weighted by Gasteiger charge is 2.35. The fourth-order valence-electron chi connectivity index (χ4n) is 2.97. The van der Waals surface area contributed by atoms with Crippen LogP contribution in [-0.2, 0) is 14.4 Å². The molecule has 33 heavy (non-hydrogen) atoms. The fourth-order valence-corrected chi connectivity index (χ4v) is 3.41. The third-order valence-corrected chi connectivity index (χ3v) is 5.51. The molecule has 0 aromatic heterocycles. The van der Waals surface area contributed by atoms with Gasteiger partial charge in [-0.3, -0.25) is 24.2 Å². The molecule has 3 amide bonds. The topological polar surface area (TPSA) is 88.2 Å². The Morgan fingerprint density at radius 3 is 2.33 bits per heavy atom. The fraction of sp³-hybridized carbons (Fsp3) is 0.182. The summed E-state index contributed by atoms with van der Waals surface area (Å²) < 4.78 is 23.8. The van der Waals surface area contributed by atoms with Gasteiger partial charge in [-0.25, -0.2) is 4.39 Å². The number of nitrogens with one attached hydrogen (secondary N) is 1. The van der Waals surface area contributed by atoms with Crippen molar-refractivity contribution >= 4 is 58.4 Å². The molecule has 3 rings (SSSR count). The molecule has 0 radical (unpaired) electrons. The van der Waals surface area contributed by atoms with Crippen molar-refractivity contribution in [2.45, 2.75) is 0 Å². The number of benzene rings is 2. The van der Waals surface area contributed by atoms with Crippen LogP contribution in [0, 0.1) is 5.82 Å². The predicted octanol–water partition coefficient (Wildman–Crippen LogP) is 3.10. The van der Waals surface area contributed by atoms with Crippen LogP contribution >= 0.6 is 23.8 Å². The van der Waals surface area contributed by atoms with Crippen molar-refractivity contribution in [2.75, 3.05) is 33.1 Å². The summed E-state index contributed by atoms with van der Waals surface area (Å²) >= 11 is 11.4. The van der Waals surface area contributed by atoms with E-state index in [2.05, 4.69) is 5.32 Å². The summed E-state index contributed by atoms with van der Waals surface area (Å²) in [5.41, 5.74) is 0.714. The van der Waals surface area contributed by atoms with E-state index in [0.29, 0.717) is 11.3 Å². The zero-order valence-electron chi connectivity index (χ0n) is 17.8. The Morgan fingerprint density at radius 1 is 1.15 bits per heavy atom. The number of hydrogen-bond acceptors (Lipinski definition) is 6. The molecule has 0 spiro atoms. The van der Waals surface area contributed by atoms with Crippen molar-refractivity contribution in [1.29, 1.82) is 0 Å². The number of anilines is 1. The van der Waals surface area contributed by atoms with Crippen molar-refractivity contribution in [3.05, 3.63) is 58.4 Å². The van der Waals surface area contributed by atoms with Crippen LogP contribution in [0.4, 0.5) is 10.1 Å². The summed E-state index contributed by atoms with van der Waals surface area (Å²) in [6, 6.07) is 8.25. The number of carbonyl (C=O) groups is 3. The lowest BCUT2D eigenvalue weighted by Crippen LogP contribution is -2.52. The minimum atomic E-state index is -0.545. The van der Waals surface area contributed by atoms with Gasteiger partial charge in [-0.15, -0.1) is 0 Å². The van der Waals surface area contributed by atoms with Crippen LogP contribution in [0.1, 0.15) is 5.56 Å². The van der Waals surface area contributed by atoms with E-state index in [1.165, 1.54) is 73.5 Å². The number of rotatable bonds is 6. The second-order valence-corrected chi connectivity index (χ2v) is 7.72. The number of nitrogens with zero attached hydrogens (tertiary/aromatic N) is 2. The summed E-state index contributed by atoms with van der Waals surface area (Å²) in [5.74, 6) is -1.71. The molecule has 1 aliphatic heterocycles. The van der Waals surface area contributed by atoms with Crippen molar-refractivity contribution in [1.82, 2.24) is 9.80 Å². The maximum Gasteiger partial charge on any atom is 0.265 e. The molecule has 1 heterocycles. The summed E-state index contributed by atoms with van der Waals surface area (Å²) in [6.45, 7) is -0.391. The number of halogens is 2. The molecule has 0 atom stereocenters. The van der Waals surface area contributed by atoms with E-state index in [9.17, 15) is 18.8 Å². The van der Waals surface area contributed by atoms with Crippen LogP contribution in [0.15, 0.2) is 42.0 Å². The van der Waals surface area contributed by atoms with Gasteiger partial charge in [-0.2, -0.15) is 0 Å². The zero-order chi connectivity index (χ0) is 24.3. The van der Waals surface area contributed by atoms with E-state index in [4.69, 9.17) is 33.3 Å². The van der Waals surface area contributed by atoms with E-state index in [1.807, 2.05) is 0 Å². The van der Waals surface area contributed by atoms with Gasteiger partial charge < -0.3 is 14.8 Å². The number of hydrogen-bond donors (Lipinski definition) is 1. The van der Waals surface area contributed by atoms with Crippen LogP contribution in [0.2, 0.25) is 5.02 Å². The van der Waals surface area contributed by atoms with Gasteiger partial charge in [-0.1, -0.05) is 11.6 Å². The minimum absolute atomic E-state index is 0.0976. The quantitative estimate of drug-likeness (QED) is 0.379. The first-order chi connectivity index (χ1) is 15.6. The number of thiocarbonyl (C=S) groups is 1. The lowest BCUT2D eigenvalue weighted by Gasteiger charge is -2.31. The van der Waals surface area contributed by atoms with Gasteiger partial charge in [0.05, 0.1) is 12.1 Å². The summed E-state index contributed by atoms with van der Waals surface area (Å²) in [6.07, 6.45) is 1.37. The van der Waals surface area contributed by atoms with Gasteiger partial charge in [0.15, 0.2) is 23.2 Å². The highest BCUT2D eigenvalue weighted by molar-refractivity contribution is 7.80. The van der Waals surface area contributed by atoms with Gasteiger partial charge in [0.2, 0.25) is 0 Å². The first kappa shape index (κ1) is 24.1. The Hall–Kier alpha value is -3.50. The van der Waals surface area contributed by atoms with Crippen LogP contribution < -0.4 is 14.8 Å². The lowest BCUT2D eigenvalue weighted by atomic mass is 10.1. The number of amides is 3. The van der Waals surface area contributed by atoms with Crippen LogP contribution in [-0.4, -0.2) is 60.4 Å². The largest absolute Gasteiger partial charge is 0.493 e. The molecule has 1 N–H and O–H groups in total. The molecular weight excluding hydrogens is 473 g/mol. The van der Waals surface area contributed by atoms with E-state index >= 15 is 0 Å². The summed E-state index contributed by atoms with van der Waals surface area (Å²) in [7, 11) is 4.33. The van der Waals surface area contributed by atoms with Crippen molar-refractivity contribution < 1.29 is 28.2 Å². The maximum absolute atomic E-state index is 13.0. The molecule has 2 aromatic rings. The molecule has 11 heteroatoms. The van der Waals surface area contributed by atoms with Gasteiger partial charge in [0.25, 0.3) is 17.7 Å². The van der Waals surface area contributed by atoms with Crippen LogP contribution in [0.5, 0.6) is 11.5 Å². The maximum atomic E-state index is 13.0. The molecule has 0 unspecified atom stereocenters. The van der Waals surface area contributed by atoms with Crippen molar-refractivity contribution in [3.8, 4) is 11.5 Å². The number of methoxy groups -OCH3 is 1. The number of likely N-dealkylation sites (N-methyl/N-ethyl adjacent to an activating group) is 2. The Kier molecular flexibility index (Phi) is 7.29. The van der Waals surface area contributed by atoms with Crippen molar-refractivity contribution in [2.24, 2.45) is 0 Å². The molecule has 1 aliphatic rings. The molecule has 0 bridgehead atoms. The van der Waals surface area contributed by atoms with E-state index in [-0.39, 0.29) is 27.2 Å². The van der Waals surface area contributed by atoms with Crippen LogP contribution in [0.25, 0.3) is 6.08 Å². The SMILES string of the molecule is COc1cc(C=C2C(=O)N(C)C(=S)N(C)C2=O)cc(Cl)c1OCC(=O)Nc1ccc(F)cc1. The molecule has 0 saturated carbocycles. The second kappa shape index (κ2) is 9.97. The first-order valence-corrected chi connectivity index (χ1v) is 10.3. The Balaban J connectivity index is 1.79. The van der Waals surface area contributed by atoms with Gasteiger partial charge >= 0.3 is 0 Å². The third-order valence-electron chi connectivity index (χ3n) is 4.68. The lowest BCUT2D eigenvalue weighted by molar-refractivity contribution is -0.132. The highest BCUT2D eigenvalue weighted by Crippen LogP contribution is 2.37. The second-order valence-electron chi connectivity index (χ2n) is 6.95. The molecule has 1 fully saturated rings. The molecule has 1 saturated heterocycles.